The Morgan fingerprint density at radius 2 is 1.97 bits per heavy atom. The van der Waals surface area contributed by atoms with Crippen molar-refractivity contribution in [1.29, 1.82) is 0 Å². The van der Waals surface area contributed by atoms with Crippen LogP contribution in [0.25, 0.3) is 22.0 Å². The zero-order valence-electron chi connectivity index (χ0n) is 17.5. The van der Waals surface area contributed by atoms with E-state index < -0.39 is 29.1 Å². The quantitative estimate of drug-likeness (QED) is 0.553. The molecule has 33 heavy (non-hydrogen) atoms. The molecule has 0 spiro atoms. The molecule has 174 valence electrons. The van der Waals surface area contributed by atoms with Gasteiger partial charge in [-0.1, -0.05) is 0 Å². The van der Waals surface area contributed by atoms with E-state index in [0.717, 1.165) is 30.0 Å². The van der Waals surface area contributed by atoms with Crippen LogP contribution in [0.2, 0.25) is 0 Å². The summed E-state index contributed by atoms with van der Waals surface area (Å²) in [5, 5.41) is 3.41. The number of nitrogens with zero attached hydrogens (tertiary/aromatic N) is 3. The highest BCUT2D eigenvalue weighted by molar-refractivity contribution is 7.99. The van der Waals surface area contributed by atoms with Gasteiger partial charge >= 0.3 is 11.9 Å². The molecule has 1 saturated heterocycles. The Bertz CT molecular complexity index is 1320. The first kappa shape index (κ1) is 22.1. The Morgan fingerprint density at radius 3 is 2.67 bits per heavy atom. The van der Waals surface area contributed by atoms with Gasteiger partial charge in [0, 0.05) is 65.4 Å². The SMILES string of the molecule is C[C@H]1CNCCN1c1nc(=O)n2c3c(c(-c4ccc(F)cc4F)c(C(F)(F)F)cc13)SCC2. The van der Waals surface area contributed by atoms with Gasteiger partial charge in [0.25, 0.3) is 0 Å². The van der Waals surface area contributed by atoms with Crippen molar-refractivity contribution in [2.45, 2.75) is 30.6 Å². The van der Waals surface area contributed by atoms with Gasteiger partial charge in [0.1, 0.15) is 17.5 Å². The van der Waals surface area contributed by atoms with Gasteiger partial charge in [-0.05, 0) is 25.1 Å². The number of aromatic nitrogens is 2. The minimum atomic E-state index is -4.81. The number of anilines is 1. The van der Waals surface area contributed by atoms with E-state index in [9.17, 15) is 26.7 Å². The number of hydrogen-bond acceptors (Lipinski definition) is 5. The molecular formula is C22H19F5N4OS. The molecule has 0 bridgehead atoms. The maximum Gasteiger partial charge on any atom is 0.417 e. The van der Waals surface area contributed by atoms with E-state index in [4.69, 9.17) is 0 Å². The third-order valence-electron chi connectivity index (χ3n) is 6.04. The molecule has 2 aliphatic heterocycles. The minimum absolute atomic E-state index is 0.0905. The number of piperazine rings is 1. The fraction of sp³-hybridized carbons (Fsp3) is 0.364. The van der Waals surface area contributed by atoms with Gasteiger partial charge in [-0.2, -0.15) is 18.2 Å². The second-order valence-corrected chi connectivity index (χ2v) is 9.22. The average Bonchev–Trinajstić information content (AvgIpc) is 2.76. The number of halogens is 5. The molecule has 1 fully saturated rings. The van der Waals surface area contributed by atoms with Crippen LogP contribution in [-0.4, -0.2) is 41.0 Å². The molecule has 5 nitrogen and oxygen atoms in total. The highest BCUT2D eigenvalue weighted by atomic mass is 32.2. The second-order valence-electron chi connectivity index (χ2n) is 8.11. The van der Waals surface area contributed by atoms with Crippen LogP contribution in [0.15, 0.2) is 34.0 Å². The van der Waals surface area contributed by atoms with Crippen molar-refractivity contribution in [1.82, 2.24) is 14.9 Å². The van der Waals surface area contributed by atoms with Crippen molar-refractivity contribution < 1.29 is 22.0 Å². The van der Waals surface area contributed by atoms with Crippen LogP contribution in [0.3, 0.4) is 0 Å². The molecule has 3 heterocycles. The summed E-state index contributed by atoms with van der Waals surface area (Å²) in [7, 11) is 0. The Labute approximate surface area is 189 Å². The Morgan fingerprint density at radius 1 is 1.18 bits per heavy atom. The number of aryl methyl sites for hydroxylation is 1. The highest BCUT2D eigenvalue weighted by Gasteiger charge is 2.39. The van der Waals surface area contributed by atoms with Gasteiger partial charge in [-0.15, -0.1) is 11.8 Å². The molecular weight excluding hydrogens is 463 g/mol. The van der Waals surface area contributed by atoms with Crippen molar-refractivity contribution in [2.75, 3.05) is 30.3 Å². The van der Waals surface area contributed by atoms with Gasteiger partial charge in [0.05, 0.1) is 11.1 Å². The summed E-state index contributed by atoms with van der Waals surface area (Å²) >= 11 is 1.13. The van der Waals surface area contributed by atoms with Crippen molar-refractivity contribution in [3.8, 4) is 11.1 Å². The molecule has 3 aromatic rings. The van der Waals surface area contributed by atoms with E-state index in [0.29, 0.717) is 37.0 Å². The number of hydrogen-bond donors (Lipinski definition) is 1. The predicted molar refractivity (Wildman–Crippen MR) is 117 cm³/mol. The summed E-state index contributed by atoms with van der Waals surface area (Å²) in [4.78, 5) is 19.1. The summed E-state index contributed by atoms with van der Waals surface area (Å²) < 4.78 is 72.6. The lowest BCUT2D eigenvalue weighted by atomic mass is 9.95. The molecule has 11 heteroatoms. The van der Waals surface area contributed by atoms with Crippen LogP contribution in [0, 0.1) is 11.6 Å². The van der Waals surface area contributed by atoms with E-state index in [1.807, 2.05) is 11.8 Å². The molecule has 5 rings (SSSR count). The fourth-order valence-electron chi connectivity index (χ4n) is 4.54. The molecule has 2 aromatic carbocycles. The Kier molecular flexibility index (Phi) is 5.36. The standard InChI is InChI=1S/C22H19F5N4OS/c1-11-10-28-4-5-30(11)20-14-9-15(22(25,26)27)17(13-3-2-12(23)8-16(13)24)19-18(14)31(6-7-33-19)21(32)29-20/h2-3,8-9,11,28H,4-7,10H2,1H3/t11-/m0/s1. The lowest BCUT2D eigenvalue weighted by molar-refractivity contribution is -0.137. The van der Waals surface area contributed by atoms with Gasteiger partial charge in [0.2, 0.25) is 0 Å². The van der Waals surface area contributed by atoms with Crippen LogP contribution >= 0.6 is 11.8 Å². The van der Waals surface area contributed by atoms with Crippen LogP contribution in [0.1, 0.15) is 12.5 Å². The van der Waals surface area contributed by atoms with E-state index in [1.54, 1.807) is 0 Å². The zero-order chi connectivity index (χ0) is 23.5. The Balaban J connectivity index is 1.92. The number of alkyl halides is 3. The normalized spacial score (nSPS) is 18.7. The van der Waals surface area contributed by atoms with Crippen molar-refractivity contribution >= 4 is 28.5 Å². The summed E-state index contributed by atoms with van der Waals surface area (Å²) in [5.41, 5.74) is -2.03. The monoisotopic (exact) mass is 482 g/mol. The predicted octanol–water partition coefficient (Wildman–Crippen LogP) is 4.26. The zero-order valence-corrected chi connectivity index (χ0v) is 18.3. The first-order chi connectivity index (χ1) is 15.7. The fourth-order valence-corrected chi connectivity index (χ4v) is 5.74. The molecule has 0 radical (unpaired) electrons. The molecule has 0 saturated carbocycles. The van der Waals surface area contributed by atoms with Crippen LogP contribution < -0.4 is 15.9 Å². The summed E-state index contributed by atoms with van der Waals surface area (Å²) in [6, 6.07) is 3.36. The molecule has 2 aliphatic rings. The number of rotatable bonds is 2. The van der Waals surface area contributed by atoms with E-state index in [2.05, 4.69) is 10.3 Å². The topological polar surface area (TPSA) is 50.2 Å². The van der Waals surface area contributed by atoms with Crippen LogP contribution in [0.5, 0.6) is 0 Å². The second kappa shape index (κ2) is 7.98. The number of nitrogens with one attached hydrogen (secondary N) is 1. The van der Waals surface area contributed by atoms with Crippen LogP contribution in [-0.2, 0) is 12.7 Å². The highest BCUT2D eigenvalue weighted by Crippen LogP contribution is 2.49. The third-order valence-corrected chi connectivity index (χ3v) is 7.11. The largest absolute Gasteiger partial charge is 0.417 e. The van der Waals surface area contributed by atoms with Crippen LogP contribution in [0.4, 0.5) is 27.8 Å². The molecule has 1 N–H and O–H groups in total. The first-order valence-electron chi connectivity index (χ1n) is 10.4. The molecule has 0 unspecified atom stereocenters. The van der Waals surface area contributed by atoms with Gasteiger partial charge in [0.15, 0.2) is 0 Å². The van der Waals surface area contributed by atoms with Crippen molar-refractivity contribution in [2.24, 2.45) is 0 Å². The summed E-state index contributed by atoms with van der Waals surface area (Å²) in [5.74, 6) is -1.46. The van der Waals surface area contributed by atoms with Gasteiger partial charge in [-0.3, -0.25) is 4.57 Å². The molecule has 1 aromatic heterocycles. The molecule has 0 aliphatic carbocycles. The third kappa shape index (κ3) is 3.67. The lowest BCUT2D eigenvalue weighted by Crippen LogP contribution is -2.51. The average molecular weight is 482 g/mol. The van der Waals surface area contributed by atoms with Crippen molar-refractivity contribution in [3.05, 3.63) is 51.9 Å². The smallest absolute Gasteiger partial charge is 0.351 e. The number of thioether (sulfide) groups is 1. The van der Waals surface area contributed by atoms with Crippen molar-refractivity contribution in [3.63, 3.8) is 0 Å². The maximum absolute atomic E-state index is 14.7. The van der Waals surface area contributed by atoms with E-state index in [1.165, 1.54) is 4.57 Å². The van der Waals surface area contributed by atoms with Gasteiger partial charge < -0.3 is 10.2 Å². The first-order valence-corrected chi connectivity index (χ1v) is 11.4. The summed E-state index contributed by atoms with van der Waals surface area (Å²) in [6.45, 7) is 3.85. The summed E-state index contributed by atoms with van der Waals surface area (Å²) in [6.07, 6.45) is -4.81. The minimum Gasteiger partial charge on any atom is -0.351 e. The van der Waals surface area contributed by atoms with E-state index in [-0.39, 0.29) is 39.8 Å². The maximum atomic E-state index is 14.7. The lowest BCUT2D eigenvalue weighted by Gasteiger charge is -2.36. The Hall–Kier alpha value is -2.66. The number of benzene rings is 2. The molecule has 1 atom stereocenters. The van der Waals surface area contributed by atoms with E-state index >= 15 is 0 Å². The van der Waals surface area contributed by atoms with Gasteiger partial charge in [-0.25, -0.2) is 13.6 Å². The molecule has 0 amide bonds.